The number of hydrogen-bond donors (Lipinski definition) is 1. The Morgan fingerprint density at radius 2 is 2.16 bits per heavy atom. The van der Waals surface area contributed by atoms with Crippen molar-refractivity contribution in [1.29, 1.82) is 0 Å². The zero-order valence-electron chi connectivity index (χ0n) is 9.84. The molecule has 0 radical (unpaired) electrons. The molecule has 0 bridgehead atoms. The third-order valence-corrected chi connectivity index (χ3v) is 3.85. The van der Waals surface area contributed by atoms with Gasteiger partial charge in [-0.1, -0.05) is 11.8 Å². The van der Waals surface area contributed by atoms with Crippen molar-refractivity contribution in [2.45, 2.75) is 11.0 Å². The number of pyridine rings is 1. The van der Waals surface area contributed by atoms with E-state index in [9.17, 15) is 0 Å². The van der Waals surface area contributed by atoms with E-state index in [4.69, 9.17) is 10.2 Å². The first-order valence-corrected chi connectivity index (χ1v) is 7.37. The third kappa shape index (κ3) is 2.90. The van der Waals surface area contributed by atoms with E-state index in [0.717, 1.165) is 26.9 Å². The Balaban J connectivity index is 1.78. The highest BCUT2D eigenvalue weighted by molar-refractivity contribution is 9.10. The van der Waals surface area contributed by atoms with E-state index in [1.807, 2.05) is 24.4 Å². The molecule has 0 aliphatic rings. The lowest BCUT2D eigenvalue weighted by atomic mass is 10.3. The van der Waals surface area contributed by atoms with E-state index in [1.165, 1.54) is 11.8 Å². The molecular formula is C13H10BrN3OS. The number of thioether (sulfide) groups is 1. The molecule has 0 saturated carbocycles. The molecule has 0 saturated heterocycles. The normalized spacial score (nSPS) is 11.0. The summed E-state index contributed by atoms with van der Waals surface area (Å²) >= 11 is 4.93. The van der Waals surface area contributed by atoms with Crippen molar-refractivity contribution in [2.24, 2.45) is 0 Å². The van der Waals surface area contributed by atoms with Gasteiger partial charge in [0.05, 0.1) is 0 Å². The van der Waals surface area contributed by atoms with Crippen LogP contribution in [0.5, 0.6) is 0 Å². The number of nitrogens with zero attached hydrogens (tertiary/aromatic N) is 2. The Morgan fingerprint density at radius 1 is 1.26 bits per heavy atom. The molecule has 2 heterocycles. The number of fused-ring (bicyclic) bond motifs is 1. The highest BCUT2D eigenvalue weighted by Gasteiger charge is 2.07. The molecule has 4 nitrogen and oxygen atoms in total. The third-order valence-electron chi connectivity index (χ3n) is 2.52. The van der Waals surface area contributed by atoms with Gasteiger partial charge < -0.3 is 10.2 Å². The minimum atomic E-state index is 0.639. The predicted molar refractivity (Wildman–Crippen MR) is 79.9 cm³/mol. The molecule has 1 aromatic carbocycles. The molecule has 6 heteroatoms. The summed E-state index contributed by atoms with van der Waals surface area (Å²) in [6, 6.07) is 7.48. The quantitative estimate of drug-likeness (QED) is 0.581. The van der Waals surface area contributed by atoms with Crippen LogP contribution in [0.15, 0.2) is 50.8 Å². The Bertz CT molecular complexity index is 729. The summed E-state index contributed by atoms with van der Waals surface area (Å²) in [5.41, 5.74) is 9.05. The van der Waals surface area contributed by atoms with Crippen LogP contribution in [0, 0.1) is 0 Å². The molecule has 3 aromatic rings. The average molecular weight is 336 g/mol. The summed E-state index contributed by atoms with van der Waals surface area (Å²) in [5.74, 6) is 0.759. The standard InChI is InChI=1S/C13H10BrN3OS/c14-9-3-8(5-16-6-9)7-19-13-17-11-4-10(15)1-2-12(11)18-13/h1-6H,7,15H2. The molecule has 0 fully saturated rings. The predicted octanol–water partition coefficient (Wildman–Crippen LogP) is 3.86. The average Bonchev–Trinajstić information content (AvgIpc) is 2.78. The molecule has 0 spiro atoms. The lowest BCUT2D eigenvalue weighted by Crippen LogP contribution is -1.83. The number of hydrogen-bond acceptors (Lipinski definition) is 5. The summed E-state index contributed by atoms with van der Waals surface area (Å²) in [4.78, 5) is 8.52. The van der Waals surface area contributed by atoms with Crippen molar-refractivity contribution < 1.29 is 4.42 Å². The van der Waals surface area contributed by atoms with Crippen molar-refractivity contribution in [1.82, 2.24) is 9.97 Å². The first kappa shape index (κ1) is 12.5. The van der Waals surface area contributed by atoms with Crippen LogP contribution in [0.2, 0.25) is 0 Å². The molecule has 96 valence electrons. The molecule has 2 aromatic heterocycles. The Kier molecular flexibility index (Phi) is 3.44. The summed E-state index contributed by atoms with van der Waals surface area (Å²) in [6.45, 7) is 0. The number of aromatic nitrogens is 2. The molecule has 0 aliphatic carbocycles. The van der Waals surface area contributed by atoms with Crippen LogP contribution in [0.1, 0.15) is 5.56 Å². The van der Waals surface area contributed by atoms with Crippen LogP contribution in [-0.4, -0.2) is 9.97 Å². The number of halogens is 1. The zero-order valence-corrected chi connectivity index (χ0v) is 12.2. The molecular weight excluding hydrogens is 326 g/mol. The summed E-state index contributed by atoms with van der Waals surface area (Å²) < 4.78 is 6.61. The summed E-state index contributed by atoms with van der Waals surface area (Å²) in [6.07, 6.45) is 3.59. The van der Waals surface area contributed by atoms with Gasteiger partial charge in [-0.2, -0.15) is 0 Å². The molecule has 0 amide bonds. The van der Waals surface area contributed by atoms with Crippen LogP contribution in [-0.2, 0) is 5.75 Å². The second kappa shape index (κ2) is 5.22. The van der Waals surface area contributed by atoms with Crippen LogP contribution in [0.4, 0.5) is 5.69 Å². The molecule has 3 rings (SSSR count). The summed E-state index contributed by atoms with van der Waals surface area (Å²) in [7, 11) is 0. The lowest BCUT2D eigenvalue weighted by Gasteiger charge is -1.98. The van der Waals surface area contributed by atoms with Gasteiger partial charge in [0.15, 0.2) is 5.58 Å². The highest BCUT2D eigenvalue weighted by atomic mass is 79.9. The fraction of sp³-hybridized carbons (Fsp3) is 0.0769. The van der Waals surface area contributed by atoms with Crippen LogP contribution in [0.3, 0.4) is 0 Å². The Labute approximate surface area is 122 Å². The second-order valence-electron chi connectivity index (χ2n) is 4.01. The van der Waals surface area contributed by atoms with Gasteiger partial charge in [-0.05, 0) is 45.8 Å². The second-order valence-corrected chi connectivity index (χ2v) is 5.85. The van der Waals surface area contributed by atoms with E-state index in [2.05, 4.69) is 25.9 Å². The van der Waals surface area contributed by atoms with Crippen molar-refractivity contribution >= 4 is 44.5 Å². The first-order valence-electron chi connectivity index (χ1n) is 5.59. The smallest absolute Gasteiger partial charge is 0.257 e. The van der Waals surface area contributed by atoms with Crippen molar-refractivity contribution in [2.75, 3.05) is 5.73 Å². The molecule has 0 aliphatic heterocycles. The van der Waals surface area contributed by atoms with E-state index in [1.54, 1.807) is 12.3 Å². The van der Waals surface area contributed by atoms with E-state index < -0.39 is 0 Å². The summed E-state index contributed by atoms with van der Waals surface area (Å²) in [5, 5.41) is 0.639. The monoisotopic (exact) mass is 335 g/mol. The Hall–Kier alpha value is -1.53. The van der Waals surface area contributed by atoms with E-state index >= 15 is 0 Å². The van der Waals surface area contributed by atoms with E-state index in [0.29, 0.717) is 10.9 Å². The number of nitrogens with two attached hydrogens (primary N) is 1. The van der Waals surface area contributed by atoms with Gasteiger partial charge in [0.25, 0.3) is 5.22 Å². The fourth-order valence-corrected chi connectivity index (χ4v) is 2.84. The van der Waals surface area contributed by atoms with Gasteiger partial charge >= 0.3 is 0 Å². The maximum Gasteiger partial charge on any atom is 0.257 e. The number of rotatable bonds is 3. The van der Waals surface area contributed by atoms with Crippen molar-refractivity contribution in [3.05, 3.63) is 46.7 Å². The lowest BCUT2D eigenvalue weighted by molar-refractivity contribution is 0.489. The number of nitrogen functional groups attached to an aromatic ring is 1. The molecule has 2 N–H and O–H groups in total. The first-order chi connectivity index (χ1) is 9.20. The van der Waals surface area contributed by atoms with Gasteiger partial charge in [-0.15, -0.1) is 0 Å². The van der Waals surface area contributed by atoms with Crippen molar-refractivity contribution in [3.63, 3.8) is 0 Å². The molecule has 19 heavy (non-hydrogen) atoms. The highest BCUT2D eigenvalue weighted by Crippen LogP contribution is 2.27. The number of benzene rings is 1. The van der Waals surface area contributed by atoms with Crippen LogP contribution >= 0.6 is 27.7 Å². The molecule has 0 atom stereocenters. The maximum atomic E-state index is 5.71. The van der Waals surface area contributed by atoms with Gasteiger partial charge in [-0.3, -0.25) is 4.98 Å². The van der Waals surface area contributed by atoms with Gasteiger partial charge in [-0.25, -0.2) is 4.98 Å². The van der Waals surface area contributed by atoms with Gasteiger partial charge in [0.2, 0.25) is 0 Å². The minimum absolute atomic E-state index is 0.639. The van der Waals surface area contributed by atoms with Gasteiger partial charge in [0, 0.05) is 28.3 Å². The van der Waals surface area contributed by atoms with Crippen LogP contribution < -0.4 is 5.73 Å². The number of oxazole rings is 1. The van der Waals surface area contributed by atoms with Gasteiger partial charge in [0.1, 0.15) is 5.52 Å². The fourth-order valence-electron chi connectivity index (χ4n) is 1.66. The zero-order chi connectivity index (χ0) is 13.2. The Morgan fingerprint density at radius 3 is 3.00 bits per heavy atom. The number of anilines is 1. The van der Waals surface area contributed by atoms with Crippen LogP contribution in [0.25, 0.3) is 11.1 Å². The molecule has 0 unspecified atom stereocenters. The van der Waals surface area contributed by atoms with Crippen molar-refractivity contribution in [3.8, 4) is 0 Å². The van der Waals surface area contributed by atoms with E-state index in [-0.39, 0.29) is 0 Å². The minimum Gasteiger partial charge on any atom is -0.431 e. The maximum absolute atomic E-state index is 5.71. The largest absolute Gasteiger partial charge is 0.431 e. The SMILES string of the molecule is Nc1ccc2oc(SCc3cncc(Br)c3)nc2c1. The topological polar surface area (TPSA) is 64.9 Å².